The van der Waals surface area contributed by atoms with E-state index in [4.69, 9.17) is 4.74 Å². The number of hydrogen-bond donors (Lipinski definition) is 3. The van der Waals surface area contributed by atoms with E-state index in [-0.39, 0.29) is 18.5 Å². The van der Waals surface area contributed by atoms with E-state index in [2.05, 4.69) is 43.5 Å². The Labute approximate surface area is 379 Å². The minimum Gasteiger partial charge on any atom is -0.466 e. The van der Waals surface area contributed by atoms with Crippen LogP contribution in [0, 0.1) is 0 Å². The number of esters is 1. The molecule has 0 heterocycles. The van der Waals surface area contributed by atoms with Crippen LogP contribution in [0.2, 0.25) is 0 Å². The Bertz CT molecular complexity index is 993. The molecular weight excluding hydrogens is 755 g/mol. The number of carbonyl (C=O) groups is 2. The molecule has 0 saturated heterocycles. The summed E-state index contributed by atoms with van der Waals surface area (Å²) in [5, 5.41) is 22.9. The van der Waals surface area contributed by atoms with Crippen molar-refractivity contribution in [3.63, 3.8) is 0 Å². The van der Waals surface area contributed by atoms with Crippen molar-refractivity contribution in [2.45, 2.75) is 289 Å². The number of allylic oxidation sites excluding steroid dienone is 5. The van der Waals surface area contributed by atoms with E-state index in [1.165, 1.54) is 199 Å². The minimum absolute atomic E-state index is 0.00317. The summed E-state index contributed by atoms with van der Waals surface area (Å²) in [7, 11) is 0. The molecule has 0 spiro atoms. The van der Waals surface area contributed by atoms with Crippen molar-refractivity contribution in [2.75, 3.05) is 13.2 Å². The molecule has 0 rings (SSSR count). The van der Waals surface area contributed by atoms with Crippen LogP contribution < -0.4 is 5.32 Å². The summed E-state index contributed by atoms with van der Waals surface area (Å²) in [5.41, 5.74) is 0. The molecule has 0 aliphatic heterocycles. The second kappa shape index (κ2) is 50.7. The van der Waals surface area contributed by atoms with Gasteiger partial charge in [0, 0.05) is 12.8 Å². The van der Waals surface area contributed by atoms with Crippen molar-refractivity contribution >= 4 is 11.9 Å². The van der Waals surface area contributed by atoms with E-state index < -0.39 is 12.1 Å². The molecule has 0 saturated carbocycles. The van der Waals surface area contributed by atoms with Gasteiger partial charge < -0.3 is 20.3 Å². The van der Waals surface area contributed by atoms with Gasteiger partial charge >= 0.3 is 5.97 Å². The molecule has 6 nitrogen and oxygen atoms in total. The van der Waals surface area contributed by atoms with Crippen LogP contribution in [0.5, 0.6) is 0 Å². The highest BCUT2D eigenvalue weighted by Crippen LogP contribution is 2.15. The molecule has 0 aromatic heterocycles. The molecule has 0 aromatic rings. The molecule has 0 aromatic carbocycles. The Hall–Kier alpha value is -1.92. The highest BCUT2D eigenvalue weighted by molar-refractivity contribution is 5.76. The highest BCUT2D eigenvalue weighted by Gasteiger charge is 2.18. The first-order valence-electron chi connectivity index (χ1n) is 26.8. The summed E-state index contributed by atoms with van der Waals surface area (Å²) in [4.78, 5) is 24.4. The van der Waals surface area contributed by atoms with E-state index in [1.54, 1.807) is 6.08 Å². The number of aliphatic hydroxyl groups is 2. The van der Waals surface area contributed by atoms with Gasteiger partial charge in [0.15, 0.2) is 0 Å². The number of rotatable bonds is 49. The molecule has 6 heteroatoms. The molecule has 0 aliphatic carbocycles. The van der Waals surface area contributed by atoms with Crippen LogP contribution in [0.15, 0.2) is 36.5 Å². The van der Waals surface area contributed by atoms with Gasteiger partial charge in [-0.2, -0.15) is 0 Å². The number of hydrogen-bond acceptors (Lipinski definition) is 5. The molecule has 3 N–H and O–H groups in total. The predicted octanol–water partition coefficient (Wildman–Crippen LogP) is 16.1. The third kappa shape index (κ3) is 47.4. The zero-order chi connectivity index (χ0) is 44.4. The predicted molar refractivity (Wildman–Crippen MR) is 264 cm³/mol. The van der Waals surface area contributed by atoms with Gasteiger partial charge in [0.1, 0.15) is 0 Å². The monoisotopic (exact) mass is 858 g/mol. The molecule has 358 valence electrons. The lowest BCUT2D eigenvalue weighted by atomic mass is 10.1. The van der Waals surface area contributed by atoms with Crippen LogP contribution in [-0.2, 0) is 14.3 Å². The fourth-order valence-corrected chi connectivity index (χ4v) is 7.97. The maximum Gasteiger partial charge on any atom is 0.305 e. The van der Waals surface area contributed by atoms with E-state index in [0.717, 1.165) is 51.4 Å². The average molecular weight is 858 g/mol. The highest BCUT2D eigenvalue weighted by atomic mass is 16.5. The fourth-order valence-electron chi connectivity index (χ4n) is 7.97. The molecule has 0 aliphatic rings. The summed E-state index contributed by atoms with van der Waals surface area (Å²) in [6.07, 6.45) is 61.6. The number of amides is 1. The van der Waals surface area contributed by atoms with Crippen LogP contribution in [0.4, 0.5) is 0 Å². The Morgan fingerprint density at radius 3 is 1.16 bits per heavy atom. The van der Waals surface area contributed by atoms with Gasteiger partial charge in [0.05, 0.1) is 25.4 Å². The van der Waals surface area contributed by atoms with Crippen molar-refractivity contribution in [3.05, 3.63) is 36.5 Å². The Balaban J connectivity index is 3.43. The molecular formula is C55H103NO5. The van der Waals surface area contributed by atoms with E-state index in [0.29, 0.717) is 19.4 Å². The van der Waals surface area contributed by atoms with Crippen molar-refractivity contribution in [1.82, 2.24) is 5.32 Å². The van der Waals surface area contributed by atoms with Crippen LogP contribution in [0.25, 0.3) is 0 Å². The third-order valence-electron chi connectivity index (χ3n) is 12.1. The van der Waals surface area contributed by atoms with Gasteiger partial charge in [0.25, 0.3) is 0 Å². The maximum atomic E-state index is 12.4. The summed E-state index contributed by atoms with van der Waals surface area (Å²) in [5.74, 6) is -0.0834. The van der Waals surface area contributed by atoms with Crippen molar-refractivity contribution in [2.24, 2.45) is 0 Å². The smallest absolute Gasteiger partial charge is 0.305 e. The Morgan fingerprint density at radius 2 is 0.770 bits per heavy atom. The van der Waals surface area contributed by atoms with Gasteiger partial charge in [0.2, 0.25) is 5.91 Å². The third-order valence-corrected chi connectivity index (χ3v) is 12.1. The van der Waals surface area contributed by atoms with Crippen LogP contribution >= 0.6 is 0 Å². The zero-order valence-electron chi connectivity index (χ0n) is 40.6. The van der Waals surface area contributed by atoms with Crippen LogP contribution in [0.3, 0.4) is 0 Å². The first-order chi connectivity index (χ1) is 30.0. The van der Waals surface area contributed by atoms with Gasteiger partial charge in [-0.1, -0.05) is 217 Å². The average Bonchev–Trinajstić information content (AvgIpc) is 3.26. The van der Waals surface area contributed by atoms with Crippen molar-refractivity contribution in [1.29, 1.82) is 0 Å². The molecule has 0 fully saturated rings. The van der Waals surface area contributed by atoms with Crippen LogP contribution in [0.1, 0.15) is 277 Å². The number of aliphatic hydroxyl groups excluding tert-OH is 2. The second-order valence-electron chi connectivity index (χ2n) is 18.2. The fraction of sp³-hybridized carbons (Fsp3) is 0.855. The molecule has 61 heavy (non-hydrogen) atoms. The molecule has 1 amide bonds. The molecule has 2 atom stereocenters. The standard InChI is InChI=1S/C55H103NO5/c1-3-5-7-9-11-13-14-15-22-26-29-33-37-41-45-49-55(60)61-50-46-42-38-34-30-27-24-21-19-17-16-18-20-23-25-28-32-36-40-44-48-54(59)56-52(51-57)53(58)47-43-39-35-31-12-10-8-6-4-2/h15-16,18,22,43,47,52-53,57-58H,3-14,17,19-21,23-42,44-46,48-51H2,1-2H3,(H,56,59)/b18-16-,22-15-,47-43+. The van der Waals surface area contributed by atoms with Crippen molar-refractivity contribution in [3.8, 4) is 0 Å². The number of carbonyl (C=O) groups excluding carboxylic acids is 2. The summed E-state index contributed by atoms with van der Waals surface area (Å²) in [6.45, 7) is 4.85. The van der Waals surface area contributed by atoms with Crippen LogP contribution in [-0.4, -0.2) is 47.4 Å². The second-order valence-corrected chi connectivity index (χ2v) is 18.2. The Morgan fingerprint density at radius 1 is 0.443 bits per heavy atom. The minimum atomic E-state index is -0.848. The summed E-state index contributed by atoms with van der Waals surface area (Å²) < 4.78 is 5.47. The van der Waals surface area contributed by atoms with E-state index in [1.807, 2.05) is 6.08 Å². The lowest BCUT2D eigenvalue weighted by Crippen LogP contribution is -2.45. The normalized spacial score (nSPS) is 12.9. The lowest BCUT2D eigenvalue weighted by molar-refractivity contribution is -0.143. The number of nitrogens with one attached hydrogen (secondary N) is 1. The molecule has 2 unspecified atom stereocenters. The first kappa shape index (κ1) is 59.1. The van der Waals surface area contributed by atoms with Gasteiger partial charge in [-0.15, -0.1) is 0 Å². The number of unbranched alkanes of at least 4 members (excludes halogenated alkanes) is 34. The summed E-state index contributed by atoms with van der Waals surface area (Å²) >= 11 is 0. The molecule has 0 bridgehead atoms. The summed E-state index contributed by atoms with van der Waals surface area (Å²) in [6, 6.07) is -0.632. The topological polar surface area (TPSA) is 95.9 Å². The van der Waals surface area contributed by atoms with Gasteiger partial charge in [-0.05, 0) is 83.5 Å². The van der Waals surface area contributed by atoms with E-state index >= 15 is 0 Å². The largest absolute Gasteiger partial charge is 0.466 e. The quantitative estimate of drug-likeness (QED) is 0.0322. The van der Waals surface area contributed by atoms with Gasteiger partial charge in [-0.3, -0.25) is 9.59 Å². The molecule has 0 radical (unpaired) electrons. The lowest BCUT2D eigenvalue weighted by Gasteiger charge is -2.20. The first-order valence-corrected chi connectivity index (χ1v) is 26.8. The Kier molecular flexibility index (Phi) is 49.1. The zero-order valence-corrected chi connectivity index (χ0v) is 40.6. The maximum absolute atomic E-state index is 12.4. The van der Waals surface area contributed by atoms with Crippen molar-refractivity contribution < 1.29 is 24.5 Å². The van der Waals surface area contributed by atoms with E-state index in [9.17, 15) is 19.8 Å². The van der Waals surface area contributed by atoms with Gasteiger partial charge in [-0.25, -0.2) is 0 Å². The number of ether oxygens (including phenoxy) is 1. The SMILES string of the molecule is CCCCCCCC/C=C\CCCCCCCC(=O)OCCCCCCCCCCC/C=C\CCCCCCCCCC(=O)NC(CO)C(O)/C=C/CCCCCCCCC.